The summed E-state index contributed by atoms with van der Waals surface area (Å²) >= 11 is 7.58. The maximum Gasteiger partial charge on any atom is 0.125 e. The quantitative estimate of drug-likeness (QED) is 0.770. The summed E-state index contributed by atoms with van der Waals surface area (Å²) in [7, 11) is 0. The van der Waals surface area contributed by atoms with Gasteiger partial charge in [-0.2, -0.15) is 0 Å². The predicted octanol–water partition coefficient (Wildman–Crippen LogP) is 3.66. The summed E-state index contributed by atoms with van der Waals surface area (Å²) in [6.45, 7) is 4.05. The largest absolute Gasteiger partial charge is 0.398 e. The Bertz CT molecular complexity index is 486. The average molecular weight is 239 g/mol. The number of benzene rings is 1. The number of anilines is 1. The molecule has 2 rings (SSSR count). The van der Waals surface area contributed by atoms with Gasteiger partial charge < -0.3 is 5.73 Å². The Balaban J connectivity index is 2.58. The fourth-order valence-corrected chi connectivity index (χ4v) is 2.43. The van der Waals surface area contributed by atoms with Gasteiger partial charge in [0.15, 0.2) is 0 Å². The van der Waals surface area contributed by atoms with E-state index in [-0.39, 0.29) is 0 Å². The first-order chi connectivity index (χ1) is 7.08. The molecule has 1 heterocycles. The number of aromatic nitrogens is 1. The van der Waals surface area contributed by atoms with Crippen molar-refractivity contribution in [3.63, 3.8) is 0 Å². The lowest BCUT2D eigenvalue weighted by atomic mass is 10.2. The van der Waals surface area contributed by atoms with Gasteiger partial charge in [0.1, 0.15) is 5.01 Å². The average Bonchev–Trinajstić information content (AvgIpc) is 2.51. The Kier molecular flexibility index (Phi) is 2.67. The van der Waals surface area contributed by atoms with E-state index in [0.717, 1.165) is 16.3 Å². The molecule has 1 aromatic carbocycles. The molecule has 0 spiro atoms. The van der Waals surface area contributed by atoms with E-state index in [4.69, 9.17) is 17.3 Å². The molecular formula is C11H11ClN2S. The van der Waals surface area contributed by atoms with Gasteiger partial charge in [0.25, 0.3) is 0 Å². The normalized spacial score (nSPS) is 10.6. The van der Waals surface area contributed by atoms with E-state index >= 15 is 0 Å². The van der Waals surface area contributed by atoms with Crippen LogP contribution in [0.5, 0.6) is 0 Å². The minimum atomic E-state index is 0.685. The lowest BCUT2D eigenvalue weighted by Crippen LogP contribution is -1.89. The lowest BCUT2D eigenvalue weighted by Gasteiger charge is -2.01. The summed E-state index contributed by atoms with van der Waals surface area (Å²) in [5.41, 5.74) is 8.58. The molecule has 2 N–H and O–H groups in total. The van der Waals surface area contributed by atoms with Crippen molar-refractivity contribution in [2.24, 2.45) is 0 Å². The third-order valence-electron chi connectivity index (χ3n) is 2.27. The van der Waals surface area contributed by atoms with E-state index in [9.17, 15) is 0 Å². The van der Waals surface area contributed by atoms with Crippen molar-refractivity contribution >= 4 is 28.6 Å². The topological polar surface area (TPSA) is 38.9 Å². The maximum atomic E-state index is 5.93. The highest BCUT2D eigenvalue weighted by Gasteiger charge is 2.09. The molecule has 0 saturated carbocycles. The van der Waals surface area contributed by atoms with E-state index in [1.165, 1.54) is 4.88 Å². The third kappa shape index (κ3) is 1.98. The van der Waals surface area contributed by atoms with E-state index in [1.54, 1.807) is 17.4 Å². The molecule has 0 fully saturated rings. The van der Waals surface area contributed by atoms with Crippen LogP contribution in [0.3, 0.4) is 0 Å². The smallest absolute Gasteiger partial charge is 0.125 e. The molecule has 0 aliphatic heterocycles. The van der Waals surface area contributed by atoms with E-state index in [2.05, 4.69) is 11.9 Å². The van der Waals surface area contributed by atoms with Gasteiger partial charge in [0.2, 0.25) is 0 Å². The van der Waals surface area contributed by atoms with Gasteiger partial charge in [0.05, 0.1) is 5.69 Å². The van der Waals surface area contributed by atoms with Gasteiger partial charge in [-0.25, -0.2) is 4.98 Å². The maximum absolute atomic E-state index is 5.93. The Morgan fingerprint density at radius 3 is 2.67 bits per heavy atom. The Morgan fingerprint density at radius 1 is 1.33 bits per heavy atom. The van der Waals surface area contributed by atoms with Crippen LogP contribution in [0, 0.1) is 13.8 Å². The fourth-order valence-electron chi connectivity index (χ4n) is 1.30. The molecule has 0 unspecified atom stereocenters. The van der Waals surface area contributed by atoms with Gasteiger partial charge in [-0.15, -0.1) is 11.3 Å². The zero-order valence-electron chi connectivity index (χ0n) is 8.54. The number of halogens is 1. The van der Waals surface area contributed by atoms with Crippen molar-refractivity contribution < 1.29 is 0 Å². The van der Waals surface area contributed by atoms with Crippen LogP contribution in [0.1, 0.15) is 10.6 Å². The number of nitrogens with zero attached hydrogens (tertiary/aromatic N) is 1. The van der Waals surface area contributed by atoms with Crippen LogP contribution in [-0.4, -0.2) is 4.98 Å². The number of hydrogen-bond acceptors (Lipinski definition) is 3. The molecular weight excluding hydrogens is 228 g/mol. The summed E-state index contributed by atoms with van der Waals surface area (Å²) in [6, 6.07) is 5.45. The molecule has 0 saturated heterocycles. The number of hydrogen-bond donors (Lipinski definition) is 1. The van der Waals surface area contributed by atoms with Crippen molar-refractivity contribution in [2.75, 3.05) is 5.73 Å². The molecule has 0 aliphatic carbocycles. The van der Waals surface area contributed by atoms with Crippen LogP contribution in [0.25, 0.3) is 10.6 Å². The second-order valence-corrected chi connectivity index (χ2v) is 5.03. The highest BCUT2D eigenvalue weighted by Crippen LogP contribution is 2.32. The van der Waals surface area contributed by atoms with E-state index < -0.39 is 0 Å². The standard InChI is InChI=1S/C11H11ClN2S/c1-6-7(2)15-11(14-6)9-5-8(12)3-4-10(9)13/h3-5H,13H2,1-2H3. The lowest BCUT2D eigenvalue weighted by molar-refractivity contribution is 1.23. The summed E-state index contributed by atoms with van der Waals surface area (Å²) in [5, 5.41) is 1.62. The van der Waals surface area contributed by atoms with E-state index in [1.807, 2.05) is 19.1 Å². The van der Waals surface area contributed by atoms with Crippen LogP contribution < -0.4 is 5.73 Å². The van der Waals surface area contributed by atoms with Crippen molar-refractivity contribution in [2.45, 2.75) is 13.8 Å². The summed E-state index contributed by atoms with van der Waals surface area (Å²) in [5.74, 6) is 0. The molecule has 78 valence electrons. The number of aryl methyl sites for hydroxylation is 2. The summed E-state index contributed by atoms with van der Waals surface area (Å²) in [4.78, 5) is 5.67. The van der Waals surface area contributed by atoms with Gasteiger partial charge in [0, 0.05) is 21.2 Å². The fraction of sp³-hybridized carbons (Fsp3) is 0.182. The zero-order chi connectivity index (χ0) is 11.0. The first kappa shape index (κ1) is 10.5. The Labute approximate surface area is 97.7 Å². The molecule has 0 atom stereocenters. The van der Waals surface area contributed by atoms with Crippen LogP contribution in [-0.2, 0) is 0 Å². The van der Waals surface area contributed by atoms with Crippen molar-refractivity contribution in [3.05, 3.63) is 33.8 Å². The van der Waals surface area contributed by atoms with Crippen LogP contribution in [0.15, 0.2) is 18.2 Å². The second-order valence-electron chi connectivity index (χ2n) is 3.39. The SMILES string of the molecule is Cc1nc(-c2cc(Cl)ccc2N)sc1C. The highest BCUT2D eigenvalue weighted by molar-refractivity contribution is 7.15. The minimum Gasteiger partial charge on any atom is -0.398 e. The van der Waals surface area contributed by atoms with Crippen molar-refractivity contribution in [3.8, 4) is 10.6 Å². The summed E-state index contributed by atoms with van der Waals surface area (Å²) < 4.78 is 0. The first-order valence-corrected chi connectivity index (χ1v) is 5.77. The monoisotopic (exact) mass is 238 g/mol. The van der Waals surface area contributed by atoms with Gasteiger partial charge in [-0.3, -0.25) is 0 Å². The molecule has 2 nitrogen and oxygen atoms in total. The molecule has 1 aromatic heterocycles. The molecule has 0 radical (unpaired) electrons. The zero-order valence-corrected chi connectivity index (χ0v) is 10.1. The van der Waals surface area contributed by atoms with Crippen molar-refractivity contribution in [1.29, 1.82) is 0 Å². The molecule has 0 bridgehead atoms. The molecule has 0 amide bonds. The summed E-state index contributed by atoms with van der Waals surface area (Å²) in [6.07, 6.45) is 0. The van der Waals surface area contributed by atoms with Gasteiger partial charge >= 0.3 is 0 Å². The van der Waals surface area contributed by atoms with Crippen LogP contribution >= 0.6 is 22.9 Å². The number of nitrogens with two attached hydrogens (primary N) is 1. The van der Waals surface area contributed by atoms with Gasteiger partial charge in [-0.05, 0) is 32.0 Å². The van der Waals surface area contributed by atoms with E-state index in [0.29, 0.717) is 10.7 Å². The minimum absolute atomic E-state index is 0.685. The Hall–Kier alpha value is -1.06. The van der Waals surface area contributed by atoms with Crippen molar-refractivity contribution in [1.82, 2.24) is 4.98 Å². The molecule has 15 heavy (non-hydrogen) atoms. The third-order valence-corrected chi connectivity index (χ3v) is 3.62. The number of rotatable bonds is 1. The van der Waals surface area contributed by atoms with Gasteiger partial charge in [-0.1, -0.05) is 11.6 Å². The number of nitrogen functional groups attached to an aromatic ring is 1. The highest BCUT2D eigenvalue weighted by atomic mass is 35.5. The first-order valence-electron chi connectivity index (χ1n) is 4.57. The molecule has 2 aromatic rings. The predicted molar refractivity (Wildman–Crippen MR) is 66.4 cm³/mol. The number of thiazole rings is 1. The molecule has 4 heteroatoms. The van der Waals surface area contributed by atoms with Crippen LogP contribution in [0.2, 0.25) is 5.02 Å². The molecule has 0 aliphatic rings. The second kappa shape index (κ2) is 3.83. The Morgan fingerprint density at radius 2 is 2.07 bits per heavy atom. The van der Waals surface area contributed by atoms with Crippen LogP contribution in [0.4, 0.5) is 5.69 Å².